The number of rotatable bonds is 9. The Hall–Kier alpha value is -3.54. The molecule has 0 spiro atoms. The maximum atomic E-state index is 12.9. The van der Waals surface area contributed by atoms with Crippen LogP contribution >= 0.6 is 0 Å². The van der Waals surface area contributed by atoms with Crippen LogP contribution in [0.5, 0.6) is 0 Å². The van der Waals surface area contributed by atoms with Gasteiger partial charge in [-0.1, -0.05) is 0 Å². The SMILES string of the molecule is CN(Cc1ccccc1)C(=O)Nc1ccccc1[Se][Se]c1ccccc1NC(=O)N(C)Cc1ccccc1. The van der Waals surface area contributed by atoms with Crippen LogP contribution in [0.4, 0.5) is 21.0 Å². The molecular weight excluding hydrogens is 606 g/mol. The number of nitrogens with zero attached hydrogens (tertiary/aromatic N) is 2. The number of amides is 4. The standard InChI is InChI=1S/C30H30N4O2Se2/c1-33(21-23-13-5-3-6-14-23)29(35)31-25-17-9-11-19-27(25)37-38-28-20-12-10-18-26(28)32-30(36)34(2)22-24-15-7-4-8-16-24/h3-20H,21-22H2,1-2H3,(H,31,35)(H,32,36). The van der Waals surface area contributed by atoms with Crippen LogP contribution < -0.4 is 19.6 Å². The van der Waals surface area contributed by atoms with Crippen molar-refractivity contribution in [1.29, 1.82) is 0 Å². The van der Waals surface area contributed by atoms with E-state index in [1.165, 1.54) is 0 Å². The van der Waals surface area contributed by atoms with E-state index in [2.05, 4.69) is 22.8 Å². The molecule has 0 atom stereocenters. The minimum absolute atomic E-state index is 0.103. The number of carbonyl (C=O) groups excluding carboxylic acids is 2. The molecular formula is C30H30N4O2Se2. The fraction of sp³-hybridized carbons (Fsp3) is 0.133. The van der Waals surface area contributed by atoms with Gasteiger partial charge in [-0.15, -0.1) is 0 Å². The zero-order chi connectivity index (χ0) is 26.7. The Labute approximate surface area is 235 Å². The topological polar surface area (TPSA) is 64.7 Å². The third-order valence-electron chi connectivity index (χ3n) is 5.70. The number of hydrogen-bond acceptors (Lipinski definition) is 2. The van der Waals surface area contributed by atoms with Gasteiger partial charge in [0, 0.05) is 0 Å². The molecule has 6 nitrogen and oxygen atoms in total. The van der Waals surface area contributed by atoms with Crippen molar-refractivity contribution in [2.24, 2.45) is 0 Å². The van der Waals surface area contributed by atoms with Gasteiger partial charge in [-0.2, -0.15) is 0 Å². The molecule has 4 aromatic carbocycles. The van der Waals surface area contributed by atoms with Crippen LogP contribution in [0.1, 0.15) is 11.1 Å². The van der Waals surface area contributed by atoms with Gasteiger partial charge in [0.1, 0.15) is 0 Å². The second kappa shape index (κ2) is 13.8. The summed E-state index contributed by atoms with van der Waals surface area (Å²) >= 11 is 0.206. The van der Waals surface area contributed by atoms with Crippen molar-refractivity contribution in [3.8, 4) is 0 Å². The molecule has 0 radical (unpaired) electrons. The molecule has 0 bridgehead atoms. The van der Waals surface area contributed by atoms with Crippen molar-refractivity contribution in [2.75, 3.05) is 24.7 Å². The predicted octanol–water partition coefficient (Wildman–Crippen LogP) is 4.29. The number of nitrogens with one attached hydrogen (secondary N) is 2. The molecule has 0 saturated heterocycles. The van der Waals surface area contributed by atoms with Crippen molar-refractivity contribution in [3.05, 3.63) is 120 Å². The molecule has 0 fully saturated rings. The molecule has 0 aliphatic rings. The molecule has 0 unspecified atom stereocenters. The summed E-state index contributed by atoms with van der Waals surface area (Å²) in [7, 11) is 3.60. The fourth-order valence-electron chi connectivity index (χ4n) is 3.65. The molecule has 4 rings (SSSR count). The summed E-state index contributed by atoms with van der Waals surface area (Å²) in [5.41, 5.74) is 3.84. The minimum atomic E-state index is -0.140. The Balaban J connectivity index is 1.38. The normalized spacial score (nSPS) is 10.5. The number of anilines is 2. The van der Waals surface area contributed by atoms with Gasteiger partial charge in [0.15, 0.2) is 0 Å². The van der Waals surface area contributed by atoms with Gasteiger partial charge >= 0.3 is 236 Å². The van der Waals surface area contributed by atoms with Crippen LogP contribution in [0.3, 0.4) is 0 Å². The van der Waals surface area contributed by atoms with E-state index < -0.39 is 0 Å². The van der Waals surface area contributed by atoms with Crippen LogP contribution in [0, 0.1) is 0 Å². The maximum absolute atomic E-state index is 12.9. The first kappa shape index (κ1) is 27.5. The Bertz CT molecular complexity index is 1250. The van der Waals surface area contributed by atoms with Gasteiger partial charge in [0.25, 0.3) is 0 Å². The third kappa shape index (κ3) is 7.98. The van der Waals surface area contributed by atoms with E-state index in [0.29, 0.717) is 13.1 Å². The summed E-state index contributed by atoms with van der Waals surface area (Å²) in [6.07, 6.45) is 0. The number of urea groups is 2. The van der Waals surface area contributed by atoms with Crippen LogP contribution in [-0.2, 0) is 13.1 Å². The van der Waals surface area contributed by atoms with Gasteiger partial charge in [-0.05, 0) is 0 Å². The van der Waals surface area contributed by atoms with Gasteiger partial charge in [0.05, 0.1) is 0 Å². The monoisotopic (exact) mass is 638 g/mol. The Morgan fingerprint density at radius 3 is 1.29 bits per heavy atom. The van der Waals surface area contributed by atoms with Crippen LogP contribution in [0.25, 0.3) is 0 Å². The first-order valence-corrected chi connectivity index (χ1v) is 18.2. The summed E-state index contributed by atoms with van der Waals surface area (Å²) in [5.74, 6) is 0. The van der Waals surface area contributed by atoms with Gasteiger partial charge in [-0.25, -0.2) is 0 Å². The molecule has 2 N–H and O–H groups in total. The Morgan fingerprint density at radius 1 is 0.553 bits per heavy atom. The average molecular weight is 637 g/mol. The molecule has 8 heteroatoms. The average Bonchev–Trinajstić information content (AvgIpc) is 2.94. The molecule has 0 heterocycles. The molecule has 194 valence electrons. The molecule has 0 aliphatic carbocycles. The number of benzene rings is 4. The van der Waals surface area contributed by atoms with Crippen molar-refractivity contribution in [3.63, 3.8) is 0 Å². The van der Waals surface area contributed by atoms with Crippen LogP contribution in [0.15, 0.2) is 109 Å². The van der Waals surface area contributed by atoms with E-state index in [9.17, 15) is 9.59 Å². The van der Waals surface area contributed by atoms with Crippen LogP contribution in [-0.4, -0.2) is 62.2 Å². The number of carbonyl (C=O) groups is 2. The van der Waals surface area contributed by atoms with Crippen molar-refractivity contribution in [2.45, 2.75) is 13.1 Å². The van der Waals surface area contributed by atoms with Crippen molar-refractivity contribution in [1.82, 2.24) is 9.80 Å². The van der Waals surface area contributed by atoms with Crippen LogP contribution in [0.2, 0.25) is 0 Å². The molecule has 0 saturated carbocycles. The quantitative estimate of drug-likeness (QED) is 0.270. The van der Waals surface area contributed by atoms with E-state index in [-0.39, 0.29) is 38.3 Å². The summed E-state index contributed by atoms with van der Waals surface area (Å²) in [5, 5.41) is 6.18. The van der Waals surface area contributed by atoms with E-state index in [1.807, 2.05) is 97.1 Å². The first-order chi connectivity index (χ1) is 18.5. The molecule has 0 aliphatic heterocycles. The summed E-state index contributed by atoms with van der Waals surface area (Å²) < 4.78 is 2.26. The summed E-state index contributed by atoms with van der Waals surface area (Å²) in [6, 6.07) is 35.5. The third-order valence-corrected chi connectivity index (χ3v) is 12.9. The van der Waals surface area contributed by atoms with Crippen molar-refractivity contribution >= 4 is 58.6 Å². The van der Waals surface area contributed by atoms with E-state index in [4.69, 9.17) is 0 Å². The van der Waals surface area contributed by atoms with Crippen molar-refractivity contribution < 1.29 is 9.59 Å². The molecule has 38 heavy (non-hydrogen) atoms. The second-order valence-electron chi connectivity index (χ2n) is 8.70. The summed E-state index contributed by atoms with van der Waals surface area (Å²) in [4.78, 5) is 29.1. The number of para-hydroxylation sites is 2. The molecule has 4 amide bonds. The van der Waals surface area contributed by atoms with Gasteiger partial charge in [0.2, 0.25) is 0 Å². The second-order valence-corrected chi connectivity index (χ2v) is 14.9. The fourth-order valence-corrected chi connectivity index (χ4v) is 10.6. The number of hydrogen-bond donors (Lipinski definition) is 2. The zero-order valence-corrected chi connectivity index (χ0v) is 24.8. The van der Waals surface area contributed by atoms with Gasteiger partial charge in [-0.3, -0.25) is 0 Å². The summed E-state index contributed by atoms with van der Waals surface area (Å²) in [6.45, 7) is 1.07. The van der Waals surface area contributed by atoms with E-state index in [0.717, 1.165) is 31.4 Å². The molecule has 0 aromatic heterocycles. The first-order valence-electron chi connectivity index (χ1n) is 12.1. The zero-order valence-electron chi connectivity index (χ0n) is 21.3. The van der Waals surface area contributed by atoms with E-state index >= 15 is 0 Å². The Morgan fingerprint density at radius 2 is 0.895 bits per heavy atom. The molecule has 4 aromatic rings. The van der Waals surface area contributed by atoms with E-state index in [1.54, 1.807) is 23.9 Å². The predicted molar refractivity (Wildman–Crippen MR) is 158 cm³/mol. The Kier molecular flexibility index (Phi) is 10.0. The van der Waals surface area contributed by atoms with Gasteiger partial charge < -0.3 is 0 Å².